The van der Waals surface area contributed by atoms with Gasteiger partial charge < -0.3 is 14.6 Å². The molecule has 4 rings (SSSR count). The molecule has 2 heterocycles. The zero-order valence-electron chi connectivity index (χ0n) is 16.9. The predicted octanol–water partition coefficient (Wildman–Crippen LogP) is 4.56. The number of hydrogen-bond acceptors (Lipinski definition) is 5. The van der Waals surface area contributed by atoms with Crippen molar-refractivity contribution in [3.05, 3.63) is 99.5 Å². The summed E-state index contributed by atoms with van der Waals surface area (Å²) in [6.45, 7) is 0.341. The highest BCUT2D eigenvalue weighted by Gasteiger charge is 2.21. The van der Waals surface area contributed by atoms with Gasteiger partial charge >= 0.3 is 0 Å². The van der Waals surface area contributed by atoms with Gasteiger partial charge in [-0.25, -0.2) is 9.97 Å². The highest BCUT2D eigenvalue weighted by Crippen LogP contribution is 2.21. The monoisotopic (exact) mass is 452 g/mol. The number of nitrogens with zero attached hydrogens (tertiary/aromatic N) is 3. The molecule has 0 saturated heterocycles. The van der Waals surface area contributed by atoms with E-state index < -0.39 is 0 Å². The van der Waals surface area contributed by atoms with Crippen molar-refractivity contribution in [2.75, 3.05) is 0 Å². The summed E-state index contributed by atoms with van der Waals surface area (Å²) in [5.41, 5.74) is 1.68. The van der Waals surface area contributed by atoms with Gasteiger partial charge in [-0.2, -0.15) is 0 Å². The quantitative estimate of drug-likeness (QED) is 0.425. The summed E-state index contributed by atoms with van der Waals surface area (Å²) in [5, 5.41) is 6.45. The van der Waals surface area contributed by atoms with Gasteiger partial charge in [0, 0.05) is 29.8 Å². The Hall–Kier alpha value is -3.16. The fourth-order valence-corrected chi connectivity index (χ4v) is 3.98. The molecule has 0 aliphatic heterocycles. The number of rotatable bonds is 8. The van der Waals surface area contributed by atoms with Gasteiger partial charge in [0.1, 0.15) is 29.2 Å². The number of carbonyl (C=O) groups is 1. The van der Waals surface area contributed by atoms with E-state index in [1.54, 1.807) is 18.3 Å². The number of hydrogen-bond donors (Lipinski definition) is 1. The van der Waals surface area contributed by atoms with Crippen LogP contribution in [0.1, 0.15) is 28.1 Å². The smallest absolute Gasteiger partial charge is 0.226 e. The van der Waals surface area contributed by atoms with E-state index >= 15 is 0 Å². The maximum absolute atomic E-state index is 12.8. The van der Waals surface area contributed by atoms with Gasteiger partial charge in [0.2, 0.25) is 5.91 Å². The molecule has 2 aromatic carbocycles. The first-order valence-electron chi connectivity index (χ1n) is 9.71. The number of aromatic nitrogens is 3. The second-order valence-corrected chi connectivity index (χ2v) is 8.34. The van der Waals surface area contributed by atoms with E-state index in [0.717, 1.165) is 22.1 Å². The van der Waals surface area contributed by atoms with Crippen LogP contribution in [-0.4, -0.2) is 20.4 Å². The van der Waals surface area contributed by atoms with Gasteiger partial charge in [0.05, 0.1) is 12.1 Å². The van der Waals surface area contributed by atoms with Gasteiger partial charge in [0.25, 0.3) is 0 Å². The lowest BCUT2D eigenvalue weighted by molar-refractivity contribution is -0.121. The van der Waals surface area contributed by atoms with Crippen LogP contribution in [0.5, 0.6) is 5.75 Å². The molecule has 31 heavy (non-hydrogen) atoms. The summed E-state index contributed by atoms with van der Waals surface area (Å²) in [6.07, 6.45) is 3.78. The number of amides is 1. The van der Waals surface area contributed by atoms with Crippen molar-refractivity contribution in [1.82, 2.24) is 19.9 Å². The Morgan fingerprint density at radius 3 is 2.68 bits per heavy atom. The average molecular weight is 453 g/mol. The van der Waals surface area contributed by atoms with Crippen LogP contribution in [-0.2, 0) is 24.9 Å². The Morgan fingerprint density at radius 1 is 1.19 bits per heavy atom. The minimum Gasteiger partial charge on any atom is -0.486 e. The van der Waals surface area contributed by atoms with Crippen molar-refractivity contribution in [2.24, 2.45) is 7.05 Å². The number of halogens is 1. The second-order valence-electron chi connectivity index (χ2n) is 6.96. The normalized spacial score (nSPS) is 11.8. The highest BCUT2D eigenvalue weighted by molar-refractivity contribution is 7.09. The van der Waals surface area contributed by atoms with Crippen LogP contribution in [0.4, 0.5) is 0 Å². The summed E-state index contributed by atoms with van der Waals surface area (Å²) in [4.78, 5) is 21.8. The molecule has 1 atom stereocenters. The third kappa shape index (κ3) is 5.51. The minimum atomic E-state index is -0.333. The van der Waals surface area contributed by atoms with E-state index in [9.17, 15) is 4.79 Å². The molecule has 0 bridgehead atoms. The van der Waals surface area contributed by atoms with Gasteiger partial charge in [-0.3, -0.25) is 4.79 Å². The van der Waals surface area contributed by atoms with Crippen LogP contribution in [0.2, 0.25) is 5.02 Å². The molecule has 0 unspecified atom stereocenters. The van der Waals surface area contributed by atoms with E-state index in [0.29, 0.717) is 17.3 Å². The summed E-state index contributed by atoms with van der Waals surface area (Å²) in [5.74, 6) is 1.38. The lowest BCUT2D eigenvalue weighted by atomic mass is 10.1. The second kappa shape index (κ2) is 9.76. The Bertz CT molecular complexity index is 1140. The molecule has 158 valence electrons. The fourth-order valence-electron chi connectivity index (χ4n) is 3.15. The molecule has 1 amide bonds. The summed E-state index contributed by atoms with van der Waals surface area (Å²) in [6, 6.07) is 16.7. The molecule has 1 N–H and O–H groups in total. The largest absolute Gasteiger partial charge is 0.486 e. The first kappa shape index (κ1) is 21.1. The van der Waals surface area contributed by atoms with Crippen molar-refractivity contribution < 1.29 is 9.53 Å². The number of imidazole rings is 1. The van der Waals surface area contributed by atoms with Gasteiger partial charge in [-0.1, -0.05) is 41.9 Å². The first-order chi connectivity index (χ1) is 15.1. The first-order valence-corrected chi connectivity index (χ1v) is 11.0. The van der Waals surface area contributed by atoms with E-state index in [1.165, 1.54) is 11.3 Å². The lowest BCUT2D eigenvalue weighted by Gasteiger charge is -2.19. The molecule has 0 aliphatic carbocycles. The maximum Gasteiger partial charge on any atom is 0.226 e. The summed E-state index contributed by atoms with van der Waals surface area (Å²) >= 11 is 7.36. The van der Waals surface area contributed by atoms with Gasteiger partial charge in [-0.15, -0.1) is 11.3 Å². The van der Waals surface area contributed by atoms with Crippen molar-refractivity contribution in [1.29, 1.82) is 0 Å². The number of nitrogens with one attached hydrogen (secondary N) is 1. The number of benzene rings is 2. The Balaban J connectivity index is 1.39. The zero-order valence-corrected chi connectivity index (χ0v) is 18.4. The molecule has 6 nitrogen and oxygen atoms in total. The van der Waals surface area contributed by atoms with Crippen molar-refractivity contribution in [3.8, 4) is 5.75 Å². The SMILES string of the molecule is Cn1ccnc1[C@H](NC(=O)Cc1csc(COc2ccc(Cl)cc2)n1)c1ccccc1. The van der Waals surface area contributed by atoms with Crippen LogP contribution in [0, 0.1) is 0 Å². The van der Waals surface area contributed by atoms with Crippen molar-refractivity contribution in [2.45, 2.75) is 19.1 Å². The third-order valence-corrected chi connectivity index (χ3v) is 5.79. The molecule has 0 radical (unpaired) electrons. The lowest BCUT2D eigenvalue weighted by Crippen LogP contribution is -2.32. The van der Waals surface area contributed by atoms with E-state index in [2.05, 4.69) is 15.3 Å². The molecule has 0 saturated carbocycles. The standard InChI is InChI=1S/C23H21ClN4O2S/c1-28-12-11-25-23(28)22(16-5-3-2-4-6-16)27-20(29)13-18-15-31-21(26-18)14-30-19-9-7-17(24)8-10-19/h2-12,15,22H,13-14H2,1H3,(H,27,29)/t22-/m1/s1. The molecule has 0 aliphatic rings. The van der Waals surface area contributed by atoms with Gasteiger partial charge in [-0.05, 0) is 29.8 Å². The summed E-state index contributed by atoms with van der Waals surface area (Å²) in [7, 11) is 1.91. The van der Waals surface area contributed by atoms with Gasteiger partial charge in [0.15, 0.2) is 0 Å². The molecular weight excluding hydrogens is 432 g/mol. The van der Waals surface area contributed by atoms with E-state index in [4.69, 9.17) is 16.3 Å². The predicted molar refractivity (Wildman–Crippen MR) is 121 cm³/mol. The molecule has 0 fully saturated rings. The molecule has 8 heteroatoms. The van der Waals surface area contributed by atoms with Crippen LogP contribution in [0.15, 0.2) is 72.4 Å². The fraction of sp³-hybridized carbons (Fsp3) is 0.174. The van der Waals surface area contributed by atoms with Crippen LogP contribution in [0.3, 0.4) is 0 Å². The molecular formula is C23H21ClN4O2S. The van der Waals surface area contributed by atoms with Crippen LogP contribution >= 0.6 is 22.9 Å². The number of aryl methyl sites for hydroxylation is 1. The third-order valence-electron chi connectivity index (χ3n) is 4.67. The zero-order chi connectivity index (χ0) is 21.6. The average Bonchev–Trinajstić information content (AvgIpc) is 3.41. The van der Waals surface area contributed by atoms with E-state index in [-0.39, 0.29) is 18.4 Å². The molecule has 2 aromatic heterocycles. The molecule has 4 aromatic rings. The maximum atomic E-state index is 12.8. The van der Waals surface area contributed by atoms with Crippen molar-refractivity contribution >= 4 is 28.8 Å². The Labute approximate surface area is 189 Å². The van der Waals surface area contributed by atoms with E-state index in [1.807, 2.05) is 65.7 Å². The number of ether oxygens (including phenoxy) is 1. The van der Waals surface area contributed by atoms with Crippen LogP contribution in [0.25, 0.3) is 0 Å². The topological polar surface area (TPSA) is 69.0 Å². The highest BCUT2D eigenvalue weighted by atomic mass is 35.5. The minimum absolute atomic E-state index is 0.118. The Kier molecular flexibility index (Phi) is 6.64. The Morgan fingerprint density at radius 2 is 1.97 bits per heavy atom. The number of carbonyl (C=O) groups excluding carboxylic acids is 1. The van der Waals surface area contributed by atoms with Crippen molar-refractivity contribution in [3.63, 3.8) is 0 Å². The van der Waals surface area contributed by atoms with Crippen LogP contribution < -0.4 is 10.1 Å². The number of thiazole rings is 1. The summed E-state index contributed by atoms with van der Waals surface area (Å²) < 4.78 is 7.64. The molecule has 0 spiro atoms.